The second kappa shape index (κ2) is 4.90. The van der Waals surface area contributed by atoms with E-state index in [4.69, 9.17) is 0 Å². The number of amides is 2. The predicted molar refractivity (Wildman–Crippen MR) is 53.6 cm³/mol. The molecule has 0 aromatic heterocycles. The molecule has 1 rings (SSSR count). The van der Waals surface area contributed by atoms with Gasteiger partial charge in [-0.15, -0.1) is 6.58 Å². The fourth-order valence-corrected chi connectivity index (χ4v) is 1.65. The number of carbonyl (C=O) groups is 1. The molecule has 0 saturated carbocycles. The van der Waals surface area contributed by atoms with E-state index in [0.29, 0.717) is 12.5 Å². The third-order valence-corrected chi connectivity index (χ3v) is 2.34. The highest BCUT2D eigenvalue weighted by Gasteiger charge is 2.19. The minimum atomic E-state index is 0.0476. The Kier molecular flexibility index (Phi) is 3.80. The first-order chi connectivity index (χ1) is 6.24. The van der Waals surface area contributed by atoms with Crippen LogP contribution in [0.25, 0.3) is 0 Å². The number of hydrogen-bond acceptors (Lipinski definition) is 1. The predicted octanol–water partition coefficient (Wildman–Crippen LogP) is 1.61. The molecular weight excluding hydrogens is 164 g/mol. The molecule has 1 saturated heterocycles. The van der Waals surface area contributed by atoms with E-state index in [1.54, 1.807) is 6.08 Å². The van der Waals surface area contributed by atoms with Crippen molar-refractivity contribution in [3.63, 3.8) is 0 Å². The van der Waals surface area contributed by atoms with Gasteiger partial charge >= 0.3 is 6.03 Å². The largest absolute Gasteiger partial charge is 0.335 e. The summed E-state index contributed by atoms with van der Waals surface area (Å²) in [4.78, 5) is 13.4. The zero-order valence-electron chi connectivity index (χ0n) is 8.25. The van der Waals surface area contributed by atoms with Crippen molar-refractivity contribution in [2.75, 3.05) is 19.6 Å². The van der Waals surface area contributed by atoms with Crippen molar-refractivity contribution in [3.05, 3.63) is 12.7 Å². The minimum Gasteiger partial charge on any atom is -0.335 e. The number of rotatable bonds is 2. The van der Waals surface area contributed by atoms with E-state index in [2.05, 4.69) is 18.8 Å². The van der Waals surface area contributed by atoms with Gasteiger partial charge in [-0.1, -0.05) is 13.0 Å². The summed E-state index contributed by atoms with van der Waals surface area (Å²) < 4.78 is 0. The Balaban J connectivity index is 2.32. The molecular formula is C10H18N2O. The SMILES string of the molecule is C=CCNC(=O)N1CCCC(C)C1. The first-order valence-corrected chi connectivity index (χ1v) is 4.87. The van der Waals surface area contributed by atoms with E-state index in [9.17, 15) is 4.79 Å². The van der Waals surface area contributed by atoms with E-state index in [0.717, 1.165) is 19.5 Å². The fourth-order valence-electron chi connectivity index (χ4n) is 1.65. The summed E-state index contributed by atoms with van der Waals surface area (Å²) in [6, 6.07) is 0.0476. The molecule has 2 amide bonds. The van der Waals surface area contributed by atoms with Crippen LogP contribution in [0.3, 0.4) is 0 Å². The molecule has 1 fully saturated rings. The lowest BCUT2D eigenvalue weighted by atomic mass is 10.0. The number of piperidine rings is 1. The number of nitrogens with zero attached hydrogens (tertiary/aromatic N) is 1. The highest BCUT2D eigenvalue weighted by molar-refractivity contribution is 5.74. The van der Waals surface area contributed by atoms with Crippen LogP contribution in [-0.2, 0) is 0 Å². The lowest BCUT2D eigenvalue weighted by molar-refractivity contribution is 0.171. The number of urea groups is 1. The molecule has 1 heterocycles. The van der Waals surface area contributed by atoms with Gasteiger partial charge in [0.1, 0.15) is 0 Å². The minimum absolute atomic E-state index is 0.0476. The Morgan fingerprint density at radius 1 is 1.77 bits per heavy atom. The Morgan fingerprint density at radius 3 is 3.15 bits per heavy atom. The van der Waals surface area contributed by atoms with E-state index >= 15 is 0 Å². The van der Waals surface area contributed by atoms with Gasteiger partial charge in [0.2, 0.25) is 0 Å². The van der Waals surface area contributed by atoms with E-state index in [-0.39, 0.29) is 6.03 Å². The van der Waals surface area contributed by atoms with Crippen LogP contribution in [0.15, 0.2) is 12.7 Å². The monoisotopic (exact) mass is 182 g/mol. The summed E-state index contributed by atoms with van der Waals surface area (Å²) >= 11 is 0. The van der Waals surface area contributed by atoms with E-state index in [1.807, 2.05) is 4.90 Å². The number of likely N-dealkylation sites (tertiary alicyclic amines) is 1. The quantitative estimate of drug-likeness (QED) is 0.646. The zero-order chi connectivity index (χ0) is 9.68. The molecule has 1 aliphatic rings. The summed E-state index contributed by atoms with van der Waals surface area (Å²) in [5.74, 6) is 0.642. The average Bonchev–Trinajstić information content (AvgIpc) is 2.14. The lowest BCUT2D eigenvalue weighted by Crippen LogP contribution is -2.45. The summed E-state index contributed by atoms with van der Waals surface area (Å²) in [5, 5.41) is 2.79. The van der Waals surface area contributed by atoms with Crippen molar-refractivity contribution in [1.82, 2.24) is 10.2 Å². The van der Waals surface area contributed by atoms with Crippen LogP contribution in [0.4, 0.5) is 4.79 Å². The molecule has 13 heavy (non-hydrogen) atoms. The topological polar surface area (TPSA) is 32.3 Å². The molecule has 1 aliphatic heterocycles. The van der Waals surface area contributed by atoms with Gasteiger partial charge in [-0.05, 0) is 18.8 Å². The molecule has 0 bridgehead atoms. The van der Waals surface area contributed by atoms with Gasteiger partial charge in [-0.25, -0.2) is 4.79 Å². The fraction of sp³-hybridized carbons (Fsp3) is 0.700. The first-order valence-electron chi connectivity index (χ1n) is 4.87. The van der Waals surface area contributed by atoms with Crippen molar-refractivity contribution in [2.45, 2.75) is 19.8 Å². The number of carbonyl (C=O) groups excluding carboxylic acids is 1. The summed E-state index contributed by atoms with van der Waals surface area (Å²) in [5.41, 5.74) is 0. The number of nitrogens with one attached hydrogen (secondary N) is 1. The van der Waals surface area contributed by atoms with Crippen molar-refractivity contribution in [3.8, 4) is 0 Å². The van der Waals surface area contributed by atoms with Crippen molar-refractivity contribution < 1.29 is 4.79 Å². The maximum atomic E-state index is 11.5. The molecule has 1 N–H and O–H groups in total. The van der Waals surface area contributed by atoms with Gasteiger partial charge < -0.3 is 10.2 Å². The van der Waals surface area contributed by atoms with Crippen LogP contribution in [0.5, 0.6) is 0 Å². The molecule has 1 atom stereocenters. The third-order valence-electron chi connectivity index (χ3n) is 2.34. The van der Waals surface area contributed by atoms with Gasteiger partial charge in [-0.2, -0.15) is 0 Å². The van der Waals surface area contributed by atoms with Crippen molar-refractivity contribution >= 4 is 6.03 Å². The Bertz CT molecular complexity index is 191. The van der Waals surface area contributed by atoms with E-state index < -0.39 is 0 Å². The zero-order valence-corrected chi connectivity index (χ0v) is 8.25. The first kappa shape index (κ1) is 10.1. The molecule has 0 aromatic carbocycles. The standard InChI is InChI=1S/C10H18N2O/c1-3-6-11-10(13)12-7-4-5-9(2)8-12/h3,9H,1,4-8H2,2H3,(H,11,13). The van der Waals surface area contributed by atoms with E-state index in [1.165, 1.54) is 6.42 Å². The van der Waals surface area contributed by atoms with Gasteiger partial charge in [0.15, 0.2) is 0 Å². The van der Waals surface area contributed by atoms with Gasteiger partial charge in [-0.3, -0.25) is 0 Å². The van der Waals surface area contributed by atoms with Crippen LogP contribution < -0.4 is 5.32 Å². The van der Waals surface area contributed by atoms with Gasteiger partial charge in [0.25, 0.3) is 0 Å². The lowest BCUT2D eigenvalue weighted by Gasteiger charge is -2.30. The summed E-state index contributed by atoms with van der Waals surface area (Å²) in [7, 11) is 0. The molecule has 0 spiro atoms. The number of hydrogen-bond donors (Lipinski definition) is 1. The van der Waals surface area contributed by atoms with Crippen LogP contribution in [0, 0.1) is 5.92 Å². The Morgan fingerprint density at radius 2 is 2.54 bits per heavy atom. The highest BCUT2D eigenvalue weighted by Crippen LogP contribution is 2.14. The summed E-state index contributed by atoms with van der Waals surface area (Å²) in [6.07, 6.45) is 4.07. The maximum Gasteiger partial charge on any atom is 0.317 e. The van der Waals surface area contributed by atoms with Gasteiger partial charge in [0.05, 0.1) is 0 Å². The molecule has 3 nitrogen and oxygen atoms in total. The second-order valence-electron chi connectivity index (χ2n) is 3.67. The van der Waals surface area contributed by atoms with Gasteiger partial charge in [0, 0.05) is 19.6 Å². The maximum absolute atomic E-state index is 11.5. The van der Waals surface area contributed by atoms with Crippen molar-refractivity contribution in [1.29, 1.82) is 0 Å². The smallest absolute Gasteiger partial charge is 0.317 e. The van der Waals surface area contributed by atoms with Crippen molar-refractivity contribution in [2.24, 2.45) is 5.92 Å². The molecule has 0 radical (unpaired) electrons. The Labute approximate surface area is 79.8 Å². The normalized spacial score (nSPS) is 22.5. The van der Waals surface area contributed by atoms with Crippen LogP contribution in [0.2, 0.25) is 0 Å². The van der Waals surface area contributed by atoms with Crippen LogP contribution in [-0.4, -0.2) is 30.6 Å². The Hall–Kier alpha value is -0.990. The average molecular weight is 182 g/mol. The highest BCUT2D eigenvalue weighted by atomic mass is 16.2. The molecule has 3 heteroatoms. The molecule has 1 unspecified atom stereocenters. The summed E-state index contributed by atoms with van der Waals surface area (Å²) in [6.45, 7) is 8.09. The third kappa shape index (κ3) is 3.09. The van der Waals surface area contributed by atoms with Crippen LogP contribution in [0.1, 0.15) is 19.8 Å². The molecule has 0 aliphatic carbocycles. The van der Waals surface area contributed by atoms with Crippen LogP contribution >= 0.6 is 0 Å². The molecule has 0 aromatic rings. The molecule has 74 valence electrons. The second-order valence-corrected chi connectivity index (χ2v) is 3.67.